The molecule has 2 rings (SSSR count). The molecular weight excluding hydrogens is 429 g/mol. The Kier molecular flexibility index (Phi) is 8.25. The number of thioether (sulfide) groups is 1. The molecule has 0 aromatic heterocycles. The van der Waals surface area contributed by atoms with E-state index in [0.29, 0.717) is 27.1 Å². The Morgan fingerprint density at radius 1 is 1.24 bits per heavy atom. The molecule has 1 aromatic carbocycles. The Balaban J connectivity index is 2.17. The van der Waals surface area contributed by atoms with Gasteiger partial charge in [-0.2, -0.15) is 0 Å². The summed E-state index contributed by atoms with van der Waals surface area (Å²) < 4.78 is 0. The fourth-order valence-electron chi connectivity index (χ4n) is 2.61. The predicted octanol–water partition coefficient (Wildman–Crippen LogP) is 5.25. The molecular formula is C21H25Cl2N3O2S. The Morgan fingerprint density at radius 2 is 1.93 bits per heavy atom. The van der Waals surface area contributed by atoms with Gasteiger partial charge in [-0.1, -0.05) is 49.2 Å². The van der Waals surface area contributed by atoms with Crippen molar-refractivity contribution in [3.63, 3.8) is 0 Å². The van der Waals surface area contributed by atoms with E-state index in [1.807, 2.05) is 24.9 Å². The van der Waals surface area contributed by atoms with Crippen molar-refractivity contribution in [3.8, 4) is 0 Å². The third-order valence-electron chi connectivity index (χ3n) is 4.62. The zero-order valence-corrected chi connectivity index (χ0v) is 19.3. The molecule has 0 unspecified atom stereocenters. The Labute approximate surface area is 186 Å². The summed E-state index contributed by atoms with van der Waals surface area (Å²) in [6.07, 6.45) is 3.79. The molecule has 1 aliphatic rings. The highest BCUT2D eigenvalue weighted by molar-refractivity contribution is 8.03. The molecule has 1 N–H and O–H groups in total. The third kappa shape index (κ3) is 5.59. The fraction of sp³-hybridized carbons (Fsp3) is 0.333. The number of Topliss-reactive ketones (excluding diaryl/α,β-unsaturated/α-hetero) is 1. The van der Waals surface area contributed by atoms with Gasteiger partial charge in [-0.15, -0.1) is 11.8 Å². The average molecular weight is 454 g/mol. The van der Waals surface area contributed by atoms with Crippen LogP contribution in [-0.2, 0) is 4.79 Å². The van der Waals surface area contributed by atoms with Crippen molar-refractivity contribution in [2.45, 2.75) is 26.7 Å². The zero-order valence-electron chi connectivity index (χ0n) is 17.0. The van der Waals surface area contributed by atoms with E-state index >= 15 is 0 Å². The first kappa shape index (κ1) is 23.4. The number of carbonyl (C=O) groups is 2. The Hall–Kier alpha value is -1.89. The van der Waals surface area contributed by atoms with Gasteiger partial charge in [0.2, 0.25) is 0 Å². The van der Waals surface area contributed by atoms with E-state index in [0.717, 1.165) is 23.6 Å². The Morgan fingerprint density at radius 3 is 2.55 bits per heavy atom. The smallest absolute Gasteiger partial charge is 0.277 e. The van der Waals surface area contributed by atoms with Crippen LogP contribution in [0.4, 0.5) is 0 Å². The SMILES string of the molecule is C=C1N(C)C(=O)C(N/C(=C/CCC)SCC(=O)c2ccc(Cl)c(Cl)c2)=C(C)N1C. The van der Waals surface area contributed by atoms with Crippen molar-refractivity contribution in [2.24, 2.45) is 0 Å². The Bertz CT molecular complexity index is 896. The molecule has 1 aromatic rings. The fourth-order valence-corrected chi connectivity index (χ4v) is 3.77. The van der Waals surface area contributed by atoms with Crippen LogP contribution in [0.3, 0.4) is 0 Å². The molecule has 1 amide bonds. The third-order valence-corrected chi connectivity index (χ3v) is 6.35. The number of benzene rings is 1. The number of ketones is 1. The maximum atomic E-state index is 12.7. The number of halogens is 2. The number of hydrogen-bond donors (Lipinski definition) is 1. The molecule has 156 valence electrons. The van der Waals surface area contributed by atoms with Gasteiger partial charge in [-0.3, -0.25) is 14.5 Å². The molecule has 0 saturated carbocycles. The molecule has 5 nitrogen and oxygen atoms in total. The molecule has 0 saturated heterocycles. The molecule has 0 aliphatic carbocycles. The van der Waals surface area contributed by atoms with E-state index in [2.05, 4.69) is 18.8 Å². The molecule has 29 heavy (non-hydrogen) atoms. The monoisotopic (exact) mass is 453 g/mol. The molecule has 0 radical (unpaired) electrons. The van der Waals surface area contributed by atoms with E-state index in [-0.39, 0.29) is 17.4 Å². The summed E-state index contributed by atoms with van der Waals surface area (Å²) in [5.74, 6) is 0.587. The summed E-state index contributed by atoms with van der Waals surface area (Å²) in [6, 6.07) is 4.84. The van der Waals surface area contributed by atoms with Crippen LogP contribution in [0.5, 0.6) is 0 Å². The molecule has 1 heterocycles. The normalized spacial score (nSPS) is 15.3. The van der Waals surface area contributed by atoms with Gasteiger partial charge >= 0.3 is 0 Å². The van der Waals surface area contributed by atoms with Crippen LogP contribution in [0.15, 0.2) is 53.1 Å². The van der Waals surface area contributed by atoms with Crippen LogP contribution in [-0.4, -0.2) is 41.3 Å². The number of allylic oxidation sites excluding steroid dienone is 2. The average Bonchev–Trinajstić information content (AvgIpc) is 2.71. The van der Waals surface area contributed by atoms with Crippen molar-refractivity contribution in [3.05, 3.63) is 68.7 Å². The standard InChI is InChI=1S/C21H25Cl2N3O2S/c1-6-7-8-19(24-20-13(2)25(4)14(3)26(5)21(20)28)29-12-18(27)15-9-10-16(22)17(23)11-15/h8-11,24H,3,6-7,12H2,1-2,4-5H3/b19-8-. The van der Waals surface area contributed by atoms with Crippen molar-refractivity contribution >= 4 is 46.7 Å². The van der Waals surface area contributed by atoms with Gasteiger partial charge in [-0.25, -0.2) is 0 Å². The van der Waals surface area contributed by atoms with Crippen LogP contribution >= 0.6 is 35.0 Å². The van der Waals surface area contributed by atoms with Crippen LogP contribution < -0.4 is 5.32 Å². The van der Waals surface area contributed by atoms with Gasteiger partial charge in [0, 0.05) is 25.4 Å². The quantitative estimate of drug-likeness (QED) is 0.544. The lowest BCUT2D eigenvalue weighted by atomic mass is 10.1. The summed E-state index contributed by atoms with van der Waals surface area (Å²) in [4.78, 5) is 28.6. The van der Waals surface area contributed by atoms with E-state index < -0.39 is 0 Å². The first-order valence-electron chi connectivity index (χ1n) is 9.17. The molecule has 1 aliphatic heterocycles. The number of nitrogens with one attached hydrogen (secondary N) is 1. The molecule has 0 bridgehead atoms. The van der Waals surface area contributed by atoms with Crippen LogP contribution in [0.25, 0.3) is 0 Å². The lowest BCUT2D eigenvalue weighted by Crippen LogP contribution is -2.44. The van der Waals surface area contributed by atoms with Gasteiger partial charge in [0.25, 0.3) is 5.91 Å². The molecule has 0 atom stereocenters. The van der Waals surface area contributed by atoms with Crippen LogP contribution in [0.1, 0.15) is 37.0 Å². The van der Waals surface area contributed by atoms with Crippen molar-refractivity contribution in [2.75, 3.05) is 19.8 Å². The highest BCUT2D eigenvalue weighted by Crippen LogP contribution is 2.27. The highest BCUT2D eigenvalue weighted by Gasteiger charge is 2.29. The topological polar surface area (TPSA) is 52.7 Å². The number of carbonyl (C=O) groups excluding carboxylic acids is 2. The van der Waals surface area contributed by atoms with Crippen molar-refractivity contribution in [1.82, 2.24) is 15.1 Å². The number of likely N-dealkylation sites (N-methyl/N-ethyl adjacent to an activating group) is 1. The first-order valence-corrected chi connectivity index (χ1v) is 10.9. The van der Waals surface area contributed by atoms with Gasteiger partial charge in [0.15, 0.2) is 5.78 Å². The molecule has 8 heteroatoms. The first-order chi connectivity index (χ1) is 13.7. The van der Waals surface area contributed by atoms with Crippen molar-refractivity contribution < 1.29 is 9.59 Å². The van der Waals surface area contributed by atoms with Gasteiger partial charge in [-0.05, 0) is 31.5 Å². The number of unbranched alkanes of at least 4 members (excludes halogenated alkanes) is 1. The summed E-state index contributed by atoms with van der Waals surface area (Å²) in [5.41, 5.74) is 1.75. The van der Waals surface area contributed by atoms with E-state index in [1.165, 1.54) is 16.7 Å². The largest absolute Gasteiger partial charge is 0.345 e. The minimum absolute atomic E-state index is 0.0685. The van der Waals surface area contributed by atoms with E-state index in [1.54, 1.807) is 25.2 Å². The second-order valence-electron chi connectivity index (χ2n) is 6.62. The van der Waals surface area contributed by atoms with E-state index in [4.69, 9.17) is 23.2 Å². The summed E-state index contributed by atoms with van der Waals surface area (Å²) in [5, 5.41) is 4.75. The van der Waals surface area contributed by atoms with Gasteiger partial charge in [0.1, 0.15) is 11.5 Å². The number of nitrogens with zero attached hydrogens (tertiary/aromatic N) is 2. The summed E-state index contributed by atoms with van der Waals surface area (Å²) >= 11 is 13.3. The number of amides is 1. The predicted molar refractivity (Wildman–Crippen MR) is 122 cm³/mol. The highest BCUT2D eigenvalue weighted by atomic mass is 35.5. The van der Waals surface area contributed by atoms with Crippen LogP contribution in [0.2, 0.25) is 10.0 Å². The zero-order chi connectivity index (χ0) is 21.7. The van der Waals surface area contributed by atoms with Crippen molar-refractivity contribution in [1.29, 1.82) is 0 Å². The lowest BCUT2D eigenvalue weighted by Gasteiger charge is -2.36. The number of rotatable bonds is 8. The number of hydrogen-bond acceptors (Lipinski definition) is 5. The van der Waals surface area contributed by atoms with Gasteiger partial charge < -0.3 is 10.2 Å². The van der Waals surface area contributed by atoms with E-state index in [9.17, 15) is 9.59 Å². The maximum absolute atomic E-state index is 12.7. The van der Waals surface area contributed by atoms with Crippen LogP contribution in [0, 0.1) is 0 Å². The maximum Gasteiger partial charge on any atom is 0.277 e. The second-order valence-corrected chi connectivity index (χ2v) is 8.45. The van der Waals surface area contributed by atoms with Gasteiger partial charge in [0.05, 0.1) is 20.8 Å². The minimum Gasteiger partial charge on any atom is -0.345 e. The summed E-state index contributed by atoms with van der Waals surface area (Å²) in [6.45, 7) is 7.86. The summed E-state index contributed by atoms with van der Waals surface area (Å²) in [7, 11) is 3.55. The molecule has 0 spiro atoms. The minimum atomic E-state index is -0.163. The second kappa shape index (κ2) is 10.2. The molecule has 0 fully saturated rings. The lowest BCUT2D eigenvalue weighted by molar-refractivity contribution is -0.126.